The molecule has 2 N–H and O–H groups in total. The van der Waals surface area contributed by atoms with Gasteiger partial charge in [0.2, 0.25) is 0 Å². The van der Waals surface area contributed by atoms with Gasteiger partial charge in [0.25, 0.3) is 0 Å². The van der Waals surface area contributed by atoms with Crippen molar-refractivity contribution in [2.24, 2.45) is 11.0 Å². The lowest BCUT2D eigenvalue weighted by Crippen LogP contribution is -2.18. The lowest BCUT2D eigenvalue weighted by molar-refractivity contribution is -0.129. The molecule has 0 aromatic heterocycles. The van der Waals surface area contributed by atoms with E-state index in [-0.39, 0.29) is 5.71 Å². The SMILES string of the molecule is C/C(=N\NCCC1CCCCCC1)C(=O)O. The zero-order valence-corrected chi connectivity index (χ0v) is 10.0. The lowest BCUT2D eigenvalue weighted by atomic mass is 9.97. The van der Waals surface area contributed by atoms with Crippen molar-refractivity contribution >= 4 is 11.7 Å². The quantitative estimate of drug-likeness (QED) is 0.327. The summed E-state index contributed by atoms with van der Waals surface area (Å²) in [6.07, 6.45) is 9.20. The van der Waals surface area contributed by atoms with Crippen molar-refractivity contribution in [3.63, 3.8) is 0 Å². The molecule has 1 aliphatic carbocycles. The number of rotatable bonds is 5. The van der Waals surface area contributed by atoms with Gasteiger partial charge in [0.15, 0.2) is 0 Å². The van der Waals surface area contributed by atoms with Crippen molar-refractivity contribution in [1.82, 2.24) is 5.43 Å². The molecule has 1 fully saturated rings. The molecular formula is C12H22N2O2. The van der Waals surface area contributed by atoms with E-state index in [0.29, 0.717) is 0 Å². The third-order valence-corrected chi connectivity index (χ3v) is 3.20. The van der Waals surface area contributed by atoms with Gasteiger partial charge in [-0.2, -0.15) is 5.10 Å². The Balaban J connectivity index is 2.14. The second-order valence-electron chi connectivity index (χ2n) is 4.56. The van der Waals surface area contributed by atoms with Gasteiger partial charge in [-0.3, -0.25) is 0 Å². The molecule has 0 spiro atoms. The summed E-state index contributed by atoms with van der Waals surface area (Å²) in [5.41, 5.74) is 2.97. The zero-order chi connectivity index (χ0) is 11.8. The first-order valence-corrected chi connectivity index (χ1v) is 6.20. The fourth-order valence-corrected chi connectivity index (χ4v) is 2.14. The molecule has 0 amide bonds. The van der Waals surface area contributed by atoms with E-state index in [1.807, 2.05) is 0 Å². The van der Waals surface area contributed by atoms with Crippen molar-refractivity contribution in [3.05, 3.63) is 0 Å². The summed E-state index contributed by atoms with van der Waals surface area (Å²) in [5.74, 6) is -0.155. The molecule has 0 bridgehead atoms. The monoisotopic (exact) mass is 226 g/mol. The van der Waals surface area contributed by atoms with E-state index in [2.05, 4.69) is 10.5 Å². The summed E-state index contributed by atoms with van der Waals surface area (Å²) < 4.78 is 0. The average molecular weight is 226 g/mol. The fraction of sp³-hybridized carbons (Fsp3) is 0.833. The standard InChI is InChI=1S/C12H22N2O2/c1-10(12(15)16)14-13-9-8-11-6-4-2-3-5-7-11/h11,13H,2-9H2,1H3,(H,15,16)/b14-10+. The summed E-state index contributed by atoms with van der Waals surface area (Å²) >= 11 is 0. The predicted octanol–water partition coefficient (Wildman–Crippen LogP) is 2.40. The molecule has 0 aromatic rings. The number of hydrogen-bond donors (Lipinski definition) is 2. The van der Waals surface area contributed by atoms with E-state index in [1.54, 1.807) is 0 Å². The third-order valence-electron chi connectivity index (χ3n) is 3.20. The molecule has 0 aromatic carbocycles. The molecule has 1 aliphatic rings. The van der Waals surface area contributed by atoms with Crippen LogP contribution in [0.15, 0.2) is 5.10 Å². The van der Waals surface area contributed by atoms with Gasteiger partial charge in [-0.05, 0) is 19.3 Å². The molecule has 0 unspecified atom stereocenters. The average Bonchev–Trinajstić information content (AvgIpc) is 2.52. The lowest BCUT2D eigenvalue weighted by Gasteiger charge is -2.12. The maximum absolute atomic E-state index is 10.5. The van der Waals surface area contributed by atoms with Gasteiger partial charge in [0.05, 0.1) is 0 Å². The largest absolute Gasteiger partial charge is 0.477 e. The fourth-order valence-electron chi connectivity index (χ4n) is 2.14. The predicted molar refractivity (Wildman–Crippen MR) is 64.6 cm³/mol. The van der Waals surface area contributed by atoms with Gasteiger partial charge in [0, 0.05) is 6.54 Å². The molecule has 0 heterocycles. The first-order valence-electron chi connectivity index (χ1n) is 6.20. The molecule has 1 saturated carbocycles. The van der Waals surface area contributed by atoms with Crippen LogP contribution in [0.1, 0.15) is 51.9 Å². The molecule has 0 radical (unpaired) electrons. The Labute approximate surface area is 97.1 Å². The Morgan fingerprint density at radius 2 is 1.94 bits per heavy atom. The van der Waals surface area contributed by atoms with Crippen LogP contribution in [0.25, 0.3) is 0 Å². The van der Waals surface area contributed by atoms with Gasteiger partial charge < -0.3 is 10.5 Å². The van der Waals surface area contributed by atoms with E-state index in [9.17, 15) is 4.79 Å². The van der Waals surface area contributed by atoms with Gasteiger partial charge in [-0.25, -0.2) is 4.79 Å². The van der Waals surface area contributed by atoms with Crippen molar-refractivity contribution < 1.29 is 9.90 Å². The topological polar surface area (TPSA) is 61.7 Å². The molecule has 16 heavy (non-hydrogen) atoms. The summed E-state index contributed by atoms with van der Waals surface area (Å²) in [6.45, 7) is 2.29. The zero-order valence-electron chi connectivity index (χ0n) is 10.0. The van der Waals surface area contributed by atoms with Crippen LogP contribution in [0.5, 0.6) is 0 Å². The Morgan fingerprint density at radius 1 is 1.31 bits per heavy atom. The van der Waals surface area contributed by atoms with Crippen molar-refractivity contribution in [3.8, 4) is 0 Å². The highest BCUT2D eigenvalue weighted by molar-refractivity contribution is 6.34. The Hall–Kier alpha value is -1.06. The molecule has 0 aliphatic heterocycles. The maximum atomic E-state index is 10.5. The summed E-state index contributed by atoms with van der Waals surface area (Å²) in [4.78, 5) is 10.5. The number of carboxylic acids is 1. The molecular weight excluding hydrogens is 204 g/mol. The van der Waals surface area contributed by atoms with Crippen molar-refractivity contribution in [2.75, 3.05) is 6.54 Å². The van der Waals surface area contributed by atoms with Crippen molar-refractivity contribution in [1.29, 1.82) is 0 Å². The number of aliphatic carboxylic acids is 1. The van der Waals surface area contributed by atoms with E-state index < -0.39 is 5.97 Å². The summed E-state index contributed by atoms with van der Waals surface area (Å²) in [6, 6.07) is 0. The van der Waals surface area contributed by atoms with Crippen LogP contribution in [0.3, 0.4) is 0 Å². The molecule has 1 rings (SSSR count). The number of hydrazone groups is 1. The maximum Gasteiger partial charge on any atom is 0.351 e. The smallest absolute Gasteiger partial charge is 0.351 e. The van der Waals surface area contributed by atoms with Gasteiger partial charge in [-0.15, -0.1) is 0 Å². The molecule has 4 heteroatoms. The molecule has 0 atom stereocenters. The van der Waals surface area contributed by atoms with Crippen molar-refractivity contribution in [2.45, 2.75) is 51.9 Å². The number of nitrogens with zero attached hydrogens (tertiary/aromatic N) is 1. The molecule has 0 saturated heterocycles. The molecule has 4 nitrogen and oxygen atoms in total. The Kier molecular flexibility index (Phi) is 5.90. The van der Waals surface area contributed by atoms with Crippen LogP contribution in [0.2, 0.25) is 0 Å². The minimum Gasteiger partial charge on any atom is -0.477 e. The van der Waals surface area contributed by atoms with E-state index in [1.165, 1.54) is 45.4 Å². The second-order valence-corrected chi connectivity index (χ2v) is 4.56. The number of hydrogen-bond acceptors (Lipinski definition) is 3. The second kappa shape index (κ2) is 7.25. The van der Waals surface area contributed by atoms with Crippen LogP contribution < -0.4 is 5.43 Å². The number of carboxylic acid groups (broad SMARTS) is 1. The Bertz CT molecular complexity index is 243. The normalized spacial score (nSPS) is 19.2. The highest BCUT2D eigenvalue weighted by Crippen LogP contribution is 2.24. The first-order chi connectivity index (χ1) is 7.70. The van der Waals surface area contributed by atoms with Crippen LogP contribution in [0, 0.1) is 5.92 Å². The van der Waals surface area contributed by atoms with E-state index >= 15 is 0 Å². The van der Waals surface area contributed by atoms with Crippen LogP contribution >= 0.6 is 0 Å². The minimum absolute atomic E-state index is 0.126. The summed E-state index contributed by atoms with van der Waals surface area (Å²) in [7, 11) is 0. The van der Waals surface area contributed by atoms with Gasteiger partial charge in [-0.1, -0.05) is 38.5 Å². The first kappa shape index (κ1) is 13.0. The van der Waals surface area contributed by atoms with Crippen LogP contribution in [-0.4, -0.2) is 23.3 Å². The summed E-state index contributed by atoms with van der Waals surface area (Å²) in [5, 5.41) is 12.4. The minimum atomic E-state index is -0.957. The van der Waals surface area contributed by atoms with E-state index in [0.717, 1.165) is 18.9 Å². The highest BCUT2D eigenvalue weighted by Gasteiger charge is 2.11. The number of carbonyl (C=O) groups is 1. The number of nitrogens with one attached hydrogen (secondary N) is 1. The Morgan fingerprint density at radius 3 is 2.50 bits per heavy atom. The molecule has 92 valence electrons. The van der Waals surface area contributed by atoms with E-state index in [4.69, 9.17) is 5.11 Å². The third kappa shape index (κ3) is 5.14. The van der Waals surface area contributed by atoms with Gasteiger partial charge >= 0.3 is 5.97 Å². The highest BCUT2D eigenvalue weighted by atomic mass is 16.4. The van der Waals surface area contributed by atoms with Crippen LogP contribution in [0.4, 0.5) is 0 Å². The van der Waals surface area contributed by atoms with Gasteiger partial charge in [0.1, 0.15) is 5.71 Å². The van der Waals surface area contributed by atoms with Crippen LogP contribution in [-0.2, 0) is 4.79 Å².